The number of nitrogens with zero attached hydrogens (tertiary/aromatic N) is 1. The maximum absolute atomic E-state index is 12.6. The molecule has 1 unspecified atom stereocenters. The van der Waals surface area contributed by atoms with E-state index in [1.807, 2.05) is 0 Å². The summed E-state index contributed by atoms with van der Waals surface area (Å²) in [6.07, 6.45) is -0.631. The number of carbonyl (C=O) groups excluding carboxylic acids is 2. The first kappa shape index (κ1) is 20.8. The van der Waals surface area contributed by atoms with E-state index in [-0.39, 0.29) is 36.5 Å². The number of alkyl halides is 3. The summed E-state index contributed by atoms with van der Waals surface area (Å²) in [7, 11) is 0. The number of halogens is 3. The van der Waals surface area contributed by atoms with Crippen LogP contribution >= 0.6 is 0 Å². The van der Waals surface area contributed by atoms with Gasteiger partial charge in [-0.2, -0.15) is 13.2 Å². The number of ether oxygens (including phenoxy) is 1. The number of aromatic nitrogens is 1. The molecule has 1 fully saturated rings. The van der Waals surface area contributed by atoms with Crippen LogP contribution < -0.4 is 10.1 Å². The monoisotopic (exact) mass is 406 g/mol. The Labute approximate surface area is 166 Å². The van der Waals surface area contributed by atoms with Gasteiger partial charge >= 0.3 is 6.18 Å². The van der Waals surface area contributed by atoms with Crippen LogP contribution in [0.3, 0.4) is 0 Å². The van der Waals surface area contributed by atoms with Crippen LogP contribution in [-0.4, -0.2) is 23.3 Å². The molecule has 1 saturated carbocycles. The van der Waals surface area contributed by atoms with Crippen molar-refractivity contribution in [2.75, 3.05) is 6.61 Å². The summed E-state index contributed by atoms with van der Waals surface area (Å²) < 4.78 is 42.9. The third-order valence-electron chi connectivity index (χ3n) is 4.66. The average molecular weight is 406 g/mol. The molecule has 0 saturated heterocycles. The lowest BCUT2D eigenvalue weighted by molar-refractivity contribution is -0.137. The van der Waals surface area contributed by atoms with Crippen LogP contribution in [0.1, 0.15) is 42.6 Å². The highest BCUT2D eigenvalue weighted by atomic mass is 19.4. The SMILES string of the molecule is CC(NC(=O)COc1ccc(C(F)(F)F)cc1)c1ccnc(CC(=O)C2CC2)c1. The molecule has 1 atom stereocenters. The summed E-state index contributed by atoms with van der Waals surface area (Å²) in [5, 5.41) is 2.76. The third kappa shape index (κ3) is 6.04. The molecule has 0 bridgehead atoms. The fraction of sp³-hybridized carbons (Fsp3) is 0.381. The fourth-order valence-corrected chi connectivity index (χ4v) is 2.85. The van der Waals surface area contributed by atoms with Gasteiger partial charge in [-0.05, 0) is 61.7 Å². The van der Waals surface area contributed by atoms with E-state index in [1.165, 1.54) is 12.1 Å². The van der Waals surface area contributed by atoms with E-state index in [0.29, 0.717) is 5.69 Å². The van der Waals surface area contributed by atoms with Crippen molar-refractivity contribution < 1.29 is 27.5 Å². The minimum Gasteiger partial charge on any atom is -0.484 e. The van der Waals surface area contributed by atoms with Gasteiger partial charge in [-0.3, -0.25) is 14.6 Å². The Bertz CT molecular complexity index is 877. The molecule has 1 amide bonds. The fourth-order valence-electron chi connectivity index (χ4n) is 2.85. The van der Waals surface area contributed by atoms with Crippen LogP contribution in [0.25, 0.3) is 0 Å². The van der Waals surface area contributed by atoms with Crippen molar-refractivity contribution in [3.8, 4) is 5.75 Å². The molecular formula is C21H21F3N2O3. The lowest BCUT2D eigenvalue weighted by Gasteiger charge is -2.15. The Hall–Kier alpha value is -2.90. The molecule has 2 aromatic rings. The lowest BCUT2D eigenvalue weighted by Crippen LogP contribution is -2.31. The molecule has 5 nitrogen and oxygen atoms in total. The van der Waals surface area contributed by atoms with Crippen molar-refractivity contribution in [3.05, 3.63) is 59.4 Å². The summed E-state index contributed by atoms with van der Waals surface area (Å²) in [4.78, 5) is 28.3. The lowest BCUT2D eigenvalue weighted by atomic mass is 10.1. The van der Waals surface area contributed by atoms with E-state index >= 15 is 0 Å². The average Bonchev–Trinajstić information content (AvgIpc) is 3.51. The van der Waals surface area contributed by atoms with Gasteiger partial charge in [0.25, 0.3) is 5.91 Å². The van der Waals surface area contributed by atoms with Gasteiger partial charge in [0.2, 0.25) is 0 Å². The summed E-state index contributed by atoms with van der Waals surface area (Å²) in [6.45, 7) is 1.46. The number of ketones is 1. The molecular weight excluding hydrogens is 385 g/mol. The van der Waals surface area contributed by atoms with Gasteiger partial charge in [0.1, 0.15) is 11.5 Å². The van der Waals surface area contributed by atoms with E-state index in [0.717, 1.165) is 30.5 Å². The maximum atomic E-state index is 12.6. The number of hydrogen-bond acceptors (Lipinski definition) is 4. The maximum Gasteiger partial charge on any atom is 0.416 e. The van der Waals surface area contributed by atoms with Crippen molar-refractivity contribution in [1.29, 1.82) is 0 Å². The van der Waals surface area contributed by atoms with Crippen LogP contribution in [0.15, 0.2) is 42.6 Å². The van der Waals surface area contributed by atoms with Crippen molar-refractivity contribution in [3.63, 3.8) is 0 Å². The predicted molar refractivity (Wildman–Crippen MR) is 99.2 cm³/mol. The third-order valence-corrected chi connectivity index (χ3v) is 4.66. The molecule has 0 spiro atoms. The highest BCUT2D eigenvalue weighted by Crippen LogP contribution is 2.31. The van der Waals surface area contributed by atoms with Gasteiger partial charge in [-0.15, -0.1) is 0 Å². The van der Waals surface area contributed by atoms with Crippen LogP contribution in [0, 0.1) is 5.92 Å². The van der Waals surface area contributed by atoms with Crippen LogP contribution in [0.4, 0.5) is 13.2 Å². The standard InChI is InChI=1S/C21H21F3N2O3/c1-13(15-8-9-25-17(10-15)11-19(27)14-2-3-14)26-20(28)12-29-18-6-4-16(5-7-18)21(22,23)24/h4-10,13-14H,2-3,11-12H2,1H3,(H,26,28). The van der Waals surface area contributed by atoms with Crippen LogP contribution in [0.5, 0.6) is 5.75 Å². The van der Waals surface area contributed by atoms with Crippen molar-refractivity contribution >= 4 is 11.7 Å². The molecule has 154 valence electrons. The minimum absolute atomic E-state index is 0.167. The molecule has 29 heavy (non-hydrogen) atoms. The zero-order valence-electron chi connectivity index (χ0n) is 15.8. The van der Waals surface area contributed by atoms with Gasteiger partial charge in [0, 0.05) is 24.2 Å². The van der Waals surface area contributed by atoms with Crippen LogP contribution in [0.2, 0.25) is 0 Å². The van der Waals surface area contributed by atoms with E-state index in [4.69, 9.17) is 4.74 Å². The molecule has 1 aliphatic carbocycles. The first-order valence-electron chi connectivity index (χ1n) is 9.29. The second kappa shape index (κ2) is 8.63. The molecule has 1 aromatic carbocycles. The highest BCUT2D eigenvalue weighted by molar-refractivity contribution is 5.84. The van der Waals surface area contributed by atoms with Gasteiger partial charge in [0.15, 0.2) is 6.61 Å². The summed E-state index contributed by atoms with van der Waals surface area (Å²) in [5.41, 5.74) is 0.694. The molecule has 3 rings (SSSR count). The quantitative estimate of drug-likeness (QED) is 0.723. The molecule has 1 aliphatic rings. The second-order valence-corrected chi connectivity index (χ2v) is 7.10. The van der Waals surface area contributed by atoms with E-state index in [1.54, 1.807) is 25.3 Å². The van der Waals surface area contributed by atoms with Crippen molar-refractivity contribution in [1.82, 2.24) is 10.3 Å². The Morgan fingerprint density at radius 3 is 2.52 bits per heavy atom. The van der Waals surface area contributed by atoms with E-state index in [2.05, 4.69) is 10.3 Å². The largest absolute Gasteiger partial charge is 0.484 e. The van der Waals surface area contributed by atoms with Gasteiger partial charge in [-0.1, -0.05) is 0 Å². The van der Waals surface area contributed by atoms with E-state index < -0.39 is 17.6 Å². The zero-order chi connectivity index (χ0) is 21.0. The Morgan fingerprint density at radius 1 is 1.21 bits per heavy atom. The van der Waals surface area contributed by atoms with Crippen LogP contribution in [-0.2, 0) is 22.2 Å². The molecule has 1 aromatic heterocycles. The Kier molecular flexibility index (Phi) is 6.20. The number of nitrogens with one attached hydrogen (secondary N) is 1. The molecule has 1 N–H and O–H groups in total. The number of Topliss-reactive ketones (excluding diaryl/α,β-unsaturated/α-hetero) is 1. The topological polar surface area (TPSA) is 68.3 Å². The Morgan fingerprint density at radius 2 is 1.90 bits per heavy atom. The van der Waals surface area contributed by atoms with Crippen molar-refractivity contribution in [2.24, 2.45) is 5.92 Å². The second-order valence-electron chi connectivity index (χ2n) is 7.10. The Balaban J connectivity index is 1.50. The number of rotatable bonds is 8. The zero-order valence-corrected chi connectivity index (χ0v) is 15.8. The van der Waals surface area contributed by atoms with Gasteiger partial charge in [0.05, 0.1) is 11.6 Å². The molecule has 8 heteroatoms. The summed E-state index contributed by atoms with van der Waals surface area (Å²) in [5.74, 6) is 0.117. The first-order chi connectivity index (χ1) is 13.7. The van der Waals surface area contributed by atoms with Gasteiger partial charge < -0.3 is 10.1 Å². The van der Waals surface area contributed by atoms with E-state index in [9.17, 15) is 22.8 Å². The molecule has 0 aliphatic heterocycles. The highest BCUT2D eigenvalue weighted by Gasteiger charge is 2.30. The van der Waals surface area contributed by atoms with Crippen molar-refractivity contribution in [2.45, 2.75) is 38.4 Å². The number of hydrogen-bond donors (Lipinski definition) is 1. The summed E-state index contributed by atoms with van der Waals surface area (Å²) in [6, 6.07) is 7.36. The number of benzene rings is 1. The smallest absolute Gasteiger partial charge is 0.416 e. The molecule has 0 radical (unpaired) electrons. The normalized spacial score (nSPS) is 14.9. The predicted octanol–water partition coefficient (Wildman–Crippen LogP) is 3.88. The number of carbonyl (C=O) groups is 2. The molecule has 1 heterocycles. The number of pyridine rings is 1. The van der Waals surface area contributed by atoms with Gasteiger partial charge in [-0.25, -0.2) is 0 Å². The minimum atomic E-state index is -4.42. The summed E-state index contributed by atoms with van der Waals surface area (Å²) >= 11 is 0. The number of amides is 1. The first-order valence-corrected chi connectivity index (χ1v) is 9.29.